The van der Waals surface area contributed by atoms with E-state index < -0.39 is 4.92 Å². The summed E-state index contributed by atoms with van der Waals surface area (Å²) in [7, 11) is 0. The molecule has 1 rings (SSSR count). The van der Waals surface area contributed by atoms with Crippen LogP contribution in [0.25, 0.3) is 0 Å². The first-order chi connectivity index (χ1) is 9.54. The van der Waals surface area contributed by atoms with Gasteiger partial charge in [-0.2, -0.15) is 0 Å². The van der Waals surface area contributed by atoms with Crippen molar-refractivity contribution in [2.75, 3.05) is 25.0 Å². The molecule has 0 fully saturated rings. The SMILES string of the molecule is CC(CN)CNC(=O)CCNc1ccccc1[N+](=O)[O-]. The molecule has 0 aliphatic carbocycles. The lowest BCUT2D eigenvalue weighted by atomic mass is 10.2. The fourth-order valence-electron chi connectivity index (χ4n) is 1.55. The fourth-order valence-corrected chi connectivity index (χ4v) is 1.55. The second-order valence-electron chi connectivity index (χ2n) is 4.60. The Balaban J connectivity index is 2.37. The van der Waals surface area contributed by atoms with E-state index in [-0.39, 0.29) is 23.9 Å². The molecule has 110 valence electrons. The van der Waals surface area contributed by atoms with Gasteiger partial charge in [0.25, 0.3) is 5.69 Å². The largest absolute Gasteiger partial charge is 0.379 e. The Morgan fingerprint density at radius 3 is 2.80 bits per heavy atom. The van der Waals surface area contributed by atoms with Crippen molar-refractivity contribution in [2.45, 2.75) is 13.3 Å². The molecule has 0 saturated carbocycles. The molecule has 0 aliphatic rings. The minimum atomic E-state index is -0.453. The van der Waals surface area contributed by atoms with Crippen LogP contribution in [0.3, 0.4) is 0 Å². The van der Waals surface area contributed by atoms with Crippen LogP contribution in [0.4, 0.5) is 11.4 Å². The molecule has 1 amide bonds. The van der Waals surface area contributed by atoms with E-state index in [9.17, 15) is 14.9 Å². The molecule has 7 nitrogen and oxygen atoms in total. The van der Waals surface area contributed by atoms with Gasteiger partial charge in [-0.3, -0.25) is 14.9 Å². The zero-order chi connectivity index (χ0) is 15.0. The van der Waals surface area contributed by atoms with E-state index >= 15 is 0 Å². The highest BCUT2D eigenvalue weighted by Crippen LogP contribution is 2.22. The van der Waals surface area contributed by atoms with Gasteiger partial charge in [0.05, 0.1) is 4.92 Å². The molecule has 0 spiro atoms. The molecule has 20 heavy (non-hydrogen) atoms. The van der Waals surface area contributed by atoms with Crippen molar-refractivity contribution < 1.29 is 9.72 Å². The van der Waals surface area contributed by atoms with Crippen molar-refractivity contribution in [2.24, 2.45) is 11.7 Å². The third kappa shape index (κ3) is 5.23. The number of nitrogens with zero attached hydrogens (tertiary/aromatic N) is 1. The molecule has 4 N–H and O–H groups in total. The first kappa shape index (κ1) is 15.9. The summed E-state index contributed by atoms with van der Waals surface area (Å²) >= 11 is 0. The van der Waals surface area contributed by atoms with Gasteiger partial charge in [-0.15, -0.1) is 0 Å². The van der Waals surface area contributed by atoms with E-state index in [0.717, 1.165) is 0 Å². The topological polar surface area (TPSA) is 110 Å². The van der Waals surface area contributed by atoms with Crippen LogP contribution in [0.2, 0.25) is 0 Å². The Morgan fingerprint density at radius 2 is 2.15 bits per heavy atom. The van der Waals surface area contributed by atoms with Gasteiger partial charge in [0.1, 0.15) is 5.69 Å². The Hall–Kier alpha value is -2.15. The maximum Gasteiger partial charge on any atom is 0.292 e. The normalized spacial score (nSPS) is 11.7. The van der Waals surface area contributed by atoms with Crippen molar-refractivity contribution in [1.29, 1.82) is 0 Å². The Morgan fingerprint density at radius 1 is 1.45 bits per heavy atom. The van der Waals surface area contributed by atoms with Gasteiger partial charge >= 0.3 is 0 Å². The van der Waals surface area contributed by atoms with Crippen molar-refractivity contribution in [1.82, 2.24) is 5.32 Å². The van der Waals surface area contributed by atoms with Gasteiger partial charge in [0, 0.05) is 25.6 Å². The van der Waals surface area contributed by atoms with Crippen molar-refractivity contribution >= 4 is 17.3 Å². The number of carbonyl (C=O) groups excluding carboxylic acids is 1. The average molecular weight is 280 g/mol. The summed E-state index contributed by atoms with van der Waals surface area (Å²) in [5, 5.41) is 16.5. The van der Waals surface area contributed by atoms with Crippen LogP contribution in [0.1, 0.15) is 13.3 Å². The summed E-state index contributed by atoms with van der Waals surface area (Å²) in [6.07, 6.45) is 0.253. The van der Waals surface area contributed by atoms with Crippen LogP contribution in [0.5, 0.6) is 0 Å². The van der Waals surface area contributed by atoms with Crippen molar-refractivity contribution in [3.8, 4) is 0 Å². The molecule has 1 unspecified atom stereocenters. The number of nitro benzene ring substituents is 1. The van der Waals surface area contributed by atoms with E-state index in [1.807, 2.05) is 6.92 Å². The third-order valence-electron chi connectivity index (χ3n) is 2.82. The summed E-state index contributed by atoms with van der Waals surface area (Å²) < 4.78 is 0. The lowest BCUT2D eigenvalue weighted by Gasteiger charge is -2.10. The molecule has 0 radical (unpaired) electrons. The van der Waals surface area contributed by atoms with Crippen LogP contribution < -0.4 is 16.4 Å². The number of carbonyl (C=O) groups is 1. The molecular formula is C13H20N4O3. The number of rotatable bonds is 8. The minimum absolute atomic E-state index is 0.00432. The van der Waals surface area contributed by atoms with E-state index in [1.54, 1.807) is 18.2 Å². The number of hydrogen-bond donors (Lipinski definition) is 3. The second kappa shape index (κ2) is 8.11. The first-order valence-electron chi connectivity index (χ1n) is 6.48. The predicted octanol–water partition coefficient (Wildman–Crippen LogP) is 1.11. The molecule has 0 heterocycles. The number of amides is 1. The maximum atomic E-state index is 11.5. The van der Waals surface area contributed by atoms with Gasteiger partial charge < -0.3 is 16.4 Å². The molecule has 1 aromatic carbocycles. The fraction of sp³-hybridized carbons (Fsp3) is 0.462. The molecular weight excluding hydrogens is 260 g/mol. The van der Waals surface area contributed by atoms with Crippen LogP contribution >= 0.6 is 0 Å². The second-order valence-corrected chi connectivity index (χ2v) is 4.60. The molecule has 0 aromatic heterocycles. The highest BCUT2D eigenvalue weighted by atomic mass is 16.6. The molecule has 0 saturated heterocycles. The lowest BCUT2D eigenvalue weighted by Crippen LogP contribution is -2.32. The van der Waals surface area contributed by atoms with Crippen molar-refractivity contribution in [3.63, 3.8) is 0 Å². The zero-order valence-corrected chi connectivity index (χ0v) is 11.5. The molecule has 0 aliphatic heterocycles. The van der Waals surface area contributed by atoms with Crippen LogP contribution in [0.15, 0.2) is 24.3 Å². The van der Waals surface area contributed by atoms with E-state index in [2.05, 4.69) is 10.6 Å². The highest BCUT2D eigenvalue weighted by molar-refractivity contribution is 5.76. The maximum absolute atomic E-state index is 11.5. The number of nitrogens with two attached hydrogens (primary N) is 1. The number of para-hydroxylation sites is 2. The van der Waals surface area contributed by atoms with Gasteiger partial charge in [0.15, 0.2) is 0 Å². The van der Waals surface area contributed by atoms with E-state index in [4.69, 9.17) is 5.73 Å². The molecule has 1 atom stereocenters. The number of nitrogens with one attached hydrogen (secondary N) is 2. The summed E-state index contributed by atoms with van der Waals surface area (Å²) in [4.78, 5) is 21.9. The van der Waals surface area contributed by atoms with Gasteiger partial charge in [0.2, 0.25) is 5.91 Å². The number of anilines is 1. The zero-order valence-electron chi connectivity index (χ0n) is 11.5. The Bertz CT molecular complexity index is 465. The lowest BCUT2D eigenvalue weighted by molar-refractivity contribution is -0.384. The monoisotopic (exact) mass is 280 g/mol. The quantitative estimate of drug-likeness (QED) is 0.488. The van der Waals surface area contributed by atoms with Crippen LogP contribution in [-0.4, -0.2) is 30.5 Å². The summed E-state index contributed by atoms with van der Waals surface area (Å²) in [6.45, 7) is 3.36. The smallest absolute Gasteiger partial charge is 0.292 e. The predicted molar refractivity (Wildman–Crippen MR) is 77.4 cm³/mol. The molecule has 1 aromatic rings. The van der Waals surface area contributed by atoms with Gasteiger partial charge in [-0.1, -0.05) is 19.1 Å². The van der Waals surface area contributed by atoms with Crippen molar-refractivity contribution in [3.05, 3.63) is 34.4 Å². The minimum Gasteiger partial charge on any atom is -0.379 e. The average Bonchev–Trinajstić information content (AvgIpc) is 2.45. The number of benzene rings is 1. The number of nitro groups is 1. The number of hydrogen-bond acceptors (Lipinski definition) is 5. The Labute approximate surface area is 117 Å². The summed E-state index contributed by atoms with van der Waals surface area (Å²) in [5.41, 5.74) is 5.87. The molecule has 7 heteroatoms. The highest BCUT2D eigenvalue weighted by Gasteiger charge is 2.12. The summed E-state index contributed by atoms with van der Waals surface area (Å²) in [6, 6.07) is 6.35. The van der Waals surface area contributed by atoms with E-state index in [1.165, 1.54) is 6.07 Å². The van der Waals surface area contributed by atoms with Gasteiger partial charge in [-0.05, 0) is 18.5 Å². The van der Waals surface area contributed by atoms with Gasteiger partial charge in [-0.25, -0.2) is 0 Å². The third-order valence-corrected chi connectivity index (χ3v) is 2.82. The summed E-state index contributed by atoms with van der Waals surface area (Å²) in [5.74, 6) is 0.138. The molecule has 0 bridgehead atoms. The standard InChI is InChI=1S/C13H20N4O3/c1-10(8-14)9-16-13(18)6-7-15-11-4-2-3-5-12(11)17(19)20/h2-5,10,15H,6-9,14H2,1H3,(H,16,18). The van der Waals surface area contributed by atoms with Crippen LogP contribution in [-0.2, 0) is 4.79 Å². The van der Waals surface area contributed by atoms with E-state index in [0.29, 0.717) is 25.3 Å². The Kier molecular flexibility index (Phi) is 6.45. The first-order valence-corrected chi connectivity index (χ1v) is 6.48. The van der Waals surface area contributed by atoms with Crippen LogP contribution in [0, 0.1) is 16.0 Å².